The second-order valence-electron chi connectivity index (χ2n) is 6.49. The van der Waals surface area contributed by atoms with Crippen LogP contribution in [-0.4, -0.2) is 36.3 Å². The Hall–Kier alpha value is -3.26. The van der Waals surface area contributed by atoms with Crippen molar-refractivity contribution in [2.45, 2.75) is 18.9 Å². The van der Waals surface area contributed by atoms with Crippen LogP contribution in [0.2, 0.25) is 0 Å². The van der Waals surface area contributed by atoms with Crippen LogP contribution in [0.1, 0.15) is 22.8 Å². The van der Waals surface area contributed by atoms with Crippen molar-refractivity contribution in [1.82, 2.24) is 4.98 Å². The highest BCUT2D eigenvalue weighted by Crippen LogP contribution is 2.23. The molecule has 0 aliphatic carbocycles. The van der Waals surface area contributed by atoms with Gasteiger partial charge in [-0.25, -0.2) is 4.79 Å². The van der Waals surface area contributed by atoms with E-state index in [0.29, 0.717) is 28.2 Å². The number of benzene rings is 2. The number of amides is 1. The SMILES string of the molecule is CCOc1ccc(NC(=O)CSc2[nH]c3ccc(C)cc3c(=O)c2C(=O)OC)cc1. The monoisotopic (exact) mass is 426 g/mol. The lowest BCUT2D eigenvalue weighted by atomic mass is 10.1. The van der Waals surface area contributed by atoms with Crippen LogP contribution in [-0.2, 0) is 9.53 Å². The number of H-pyrrole nitrogens is 1. The van der Waals surface area contributed by atoms with Crippen LogP contribution >= 0.6 is 11.8 Å². The first-order chi connectivity index (χ1) is 14.4. The number of aromatic nitrogens is 1. The van der Waals surface area contributed by atoms with E-state index in [1.165, 1.54) is 7.11 Å². The molecule has 30 heavy (non-hydrogen) atoms. The topological polar surface area (TPSA) is 97.5 Å². The molecule has 1 heterocycles. The van der Waals surface area contributed by atoms with E-state index in [9.17, 15) is 14.4 Å². The maximum Gasteiger partial charge on any atom is 0.344 e. The van der Waals surface area contributed by atoms with E-state index in [4.69, 9.17) is 9.47 Å². The number of fused-ring (bicyclic) bond motifs is 1. The van der Waals surface area contributed by atoms with Gasteiger partial charge in [0, 0.05) is 11.1 Å². The van der Waals surface area contributed by atoms with E-state index in [1.807, 2.05) is 19.9 Å². The zero-order valence-electron chi connectivity index (χ0n) is 16.9. The average molecular weight is 426 g/mol. The molecule has 1 aromatic heterocycles. The first-order valence-electron chi connectivity index (χ1n) is 9.33. The fourth-order valence-corrected chi connectivity index (χ4v) is 3.76. The fraction of sp³-hybridized carbons (Fsp3) is 0.227. The van der Waals surface area contributed by atoms with Crippen molar-refractivity contribution in [3.63, 3.8) is 0 Å². The van der Waals surface area contributed by atoms with Crippen molar-refractivity contribution in [3.05, 3.63) is 63.8 Å². The normalized spacial score (nSPS) is 10.6. The van der Waals surface area contributed by atoms with E-state index < -0.39 is 11.4 Å². The van der Waals surface area contributed by atoms with Crippen LogP contribution in [0.15, 0.2) is 52.3 Å². The van der Waals surface area contributed by atoms with Crippen molar-refractivity contribution in [1.29, 1.82) is 0 Å². The van der Waals surface area contributed by atoms with Crippen LogP contribution in [0.5, 0.6) is 5.75 Å². The molecule has 0 fully saturated rings. The smallest absolute Gasteiger partial charge is 0.344 e. The summed E-state index contributed by atoms with van der Waals surface area (Å²) in [6.45, 7) is 4.33. The van der Waals surface area contributed by atoms with Crippen molar-refractivity contribution in [3.8, 4) is 5.75 Å². The van der Waals surface area contributed by atoms with Gasteiger partial charge in [0.05, 0.1) is 30.0 Å². The van der Waals surface area contributed by atoms with Crippen molar-refractivity contribution >= 4 is 40.2 Å². The Labute approximate surface area is 177 Å². The Morgan fingerprint density at radius 1 is 1.13 bits per heavy atom. The number of rotatable bonds is 7. The molecule has 0 saturated carbocycles. The number of hydrogen-bond acceptors (Lipinski definition) is 6. The lowest BCUT2D eigenvalue weighted by molar-refractivity contribution is -0.113. The van der Waals surface area contributed by atoms with Crippen LogP contribution in [0.4, 0.5) is 5.69 Å². The molecule has 0 saturated heterocycles. The van der Waals surface area contributed by atoms with Gasteiger partial charge in [0.1, 0.15) is 11.3 Å². The number of aromatic amines is 1. The number of thioether (sulfide) groups is 1. The van der Waals surface area contributed by atoms with Crippen molar-refractivity contribution in [2.75, 3.05) is 24.8 Å². The van der Waals surface area contributed by atoms with Crippen LogP contribution in [0.3, 0.4) is 0 Å². The third kappa shape index (κ3) is 4.83. The second kappa shape index (κ2) is 9.49. The number of anilines is 1. The minimum Gasteiger partial charge on any atom is -0.494 e. The molecular formula is C22H22N2O5S. The highest BCUT2D eigenvalue weighted by atomic mass is 32.2. The number of aryl methyl sites for hydroxylation is 1. The first-order valence-corrected chi connectivity index (χ1v) is 10.3. The summed E-state index contributed by atoms with van der Waals surface area (Å²) in [5.41, 5.74) is 1.59. The number of carbonyl (C=O) groups is 2. The number of esters is 1. The van der Waals surface area contributed by atoms with Gasteiger partial charge < -0.3 is 19.8 Å². The minimum atomic E-state index is -0.742. The molecule has 3 rings (SSSR count). The lowest BCUT2D eigenvalue weighted by Gasteiger charge is -2.11. The number of pyridine rings is 1. The molecule has 2 N–H and O–H groups in total. The van der Waals surface area contributed by atoms with E-state index >= 15 is 0 Å². The third-order valence-corrected chi connectivity index (χ3v) is 5.31. The molecule has 0 unspecified atom stereocenters. The van der Waals surface area contributed by atoms with Gasteiger partial charge in [0.15, 0.2) is 0 Å². The predicted octanol–water partition coefficient (Wildman–Crippen LogP) is 3.75. The summed E-state index contributed by atoms with van der Waals surface area (Å²) >= 11 is 1.07. The van der Waals surface area contributed by atoms with Crippen molar-refractivity contribution < 1.29 is 19.1 Å². The van der Waals surface area contributed by atoms with Crippen LogP contribution < -0.4 is 15.5 Å². The summed E-state index contributed by atoms with van der Waals surface area (Å²) in [5, 5.41) is 3.48. The zero-order valence-corrected chi connectivity index (χ0v) is 17.7. The molecule has 7 nitrogen and oxygen atoms in total. The summed E-state index contributed by atoms with van der Waals surface area (Å²) in [7, 11) is 1.22. The highest BCUT2D eigenvalue weighted by Gasteiger charge is 2.21. The standard InChI is InChI=1S/C22H22N2O5S/c1-4-29-15-8-6-14(7-9-15)23-18(25)12-30-21-19(22(27)28-3)20(26)16-11-13(2)5-10-17(16)24-21/h5-11H,4,12H2,1-3H3,(H,23,25)(H,24,26). The maximum atomic E-state index is 12.9. The molecule has 0 aliphatic heterocycles. The van der Waals surface area contributed by atoms with Gasteiger partial charge in [-0.15, -0.1) is 0 Å². The summed E-state index contributed by atoms with van der Waals surface area (Å²) < 4.78 is 10.2. The van der Waals surface area contributed by atoms with E-state index in [-0.39, 0.29) is 17.2 Å². The molecule has 156 valence electrons. The Morgan fingerprint density at radius 2 is 1.87 bits per heavy atom. The number of nitrogens with one attached hydrogen (secondary N) is 2. The largest absolute Gasteiger partial charge is 0.494 e. The average Bonchev–Trinajstić information content (AvgIpc) is 2.74. The number of methoxy groups -OCH3 is 1. The van der Waals surface area contributed by atoms with E-state index in [2.05, 4.69) is 10.3 Å². The molecule has 0 bridgehead atoms. The Bertz CT molecular complexity index is 1140. The van der Waals surface area contributed by atoms with Gasteiger partial charge in [-0.1, -0.05) is 23.4 Å². The van der Waals surface area contributed by atoms with Gasteiger partial charge in [-0.2, -0.15) is 0 Å². The molecule has 1 amide bonds. The summed E-state index contributed by atoms with van der Waals surface area (Å²) in [6, 6.07) is 12.4. The zero-order chi connectivity index (χ0) is 21.7. The Kier molecular flexibility index (Phi) is 6.79. The molecular weight excluding hydrogens is 404 g/mol. The minimum absolute atomic E-state index is 0.00448. The van der Waals surface area contributed by atoms with Crippen molar-refractivity contribution in [2.24, 2.45) is 0 Å². The second-order valence-corrected chi connectivity index (χ2v) is 7.48. The van der Waals surface area contributed by atoms with E-state index in [1.54, 1.807) is 36.4 Å². The van der Waals surface area contributed by atoms with Crippen LogP contribution in [0, 0.1) is 6.92 Å². The molecule has 2 aromatic carbocycles. The highest BCUT2D eigenvalue weighted by molar-refractivity contribution is 8.00. The molecule has 0 atom stereocenters. The third-order valence-electron chi connectivity index (χ3n) is 4.31. The summed E-state index contributed by atoms with van der Waals surface area (Å²) in [5.74, 6) is -0.291. The van der Waals surface area contributed by atoms with Gasteiger partial charge in [0.2, 0.25) is 11.3 Å². The maximum absolute atomic E-state index is 12.9. The number of carbonyl (C=O) groups excluding carboxylic acids is 2. The van der Waals surface area contributed by atoms with Gasteiger partial charge >= 0.3 is 5.97 Å². The lowest BCUT2D eigenvalue weighted by Crippen LogP contribution is -2.20. The number of hydrogen-bond donors (Lipinski definition) is 2. The van der Waals surface area contributed by atoms with E-state index in [0.717, 1.165) is 23.1 Å². The number of ether oxygens (including phenoxy) is 2. The predicted molar refractivity (Wildman–Crippen MR) is 118 cm³/mol. The fourth-order valence-electron chi connectivity index (χ4n) is 2.91. The van der Waals surface area contributed by atoms with Gasteiger partial charge in [-0.3, -0.25) is 9.59 Å². The van der Waals surface area contributed by atoms with Crippen LogP contribution in [0.25, 0.3) is 10.9 Å². The Balaban J connectivity index is 1.80. The van der Waals surface area contributed by atoms with Gasteiger partial charge in [0.25, 0.3) is 0 Å². The quantitative estimate of drug-likeness (QED) is 0.441. The summed E-state index contributed by atoms with van der Waals surface area (Å²) in [4.78, 5) is 40.6. The molecule has 8 heteroatoms. The van der Waals surface area contributed by atoms with Gasteiger partial charge in [-0.05, 0) is 50.2 Å². The Morgan fingerprint density at radius 3 is 2.53 bits per heavy atom. The summed E-state index contributed by atoms with van der Waals surface area (Å²) in [6.07, 6.45) is 0. The first kappa shape index (κ1) is 21.4. The molecule has 0 radical (unpaired) electrons. The molecule has 0 spiro atoms. The molecule has 3 aromatic rings. The molecule has 0 aliphatic rings.